The highest BCUT2D eigenvalue weighted by atomic mass is 16.5. The quantitative estimate of drug-likeness (QED) is 0.454. The summed E-state index contributed by atoms with van der Waals surface area (Å²) < 4.78 is 12.7. The maximum Gasteiger partial charge on any atom is 0.197 e. The van der Waals surface area contributed by atoms with Gasteiger partial charge in [0.15, 0.2) is 5.43 Å². The maximum atomic E-state index is 13.1. The number of aromatic nitrogens is 1. The van der Waals surface area contributed by atoms with Crippen LogP contribution in [0.25, 0.3) is 21.8 Å². The zero-order valence-corrected chi connectivity index (χ0v) is 15.7. The Morgan fingerprint density at radius 2 is 1.86 bits per heavy atom. The van der Waals surface area contributed by atoms with E-state index in [4.69, 9.17) is 9.47 Å². The predicted octanol–water partition coefficient (Wildman–Crippen LogP) is 4.77. The minimum absolute atomic E-state index is 0.0317. The first-order chi connectivity index (χ1) is 13.6. The van der Waals surface area contributed by atoms with Crippen LogP contribution >= 0.6 is 0 Å². The molecule has 138 valence electrons. The number of H-pyrrole nitrogens is 1. The second kappa shape index (κ2) is 5.16. The average molecular weight is 369 g/mol. The number of rotatable bonds is 0. The Labute approximate surface area is 161 Å². The first kappa shape index (κ1) is 15.8. The lowest BCUT2D eigenvalue weighted by molar-refractivity contribution is 0.0450. The van der Waals surface area contributed by atoms with Crippen LogP contribution in [0.15, 0.2) is 59.4 Å². The number of hydrogen-bond donors (Lipinski definition) is 1. The third kappa shape index (κ3) is 1.87. The lowest BCUT2D eigenvalue weighted by atomic mass is 9.77. The Kier molecular flexibility index (Phi) is 2.91. The molecule has 6 rings (SSSR count). The number of aromatic amines is 1. The summed E-state index contributed by atoms with van der Waals surface area (Å²) in [7, 11) is 0. The molecule has 28 heavy (non-hydrogen) atoms. The molecule has 0 bridgehead atoms. The lowest BCUT2D eigenvalue weighted by Gasteiger charge is -2.37. The zero-order chi connectivity index (χ0) is 19.0. The summed E-state index contributed by atoms with van der Waals surface area (Å²) in [4.78, 5) is 16.6. The summed E-state index contributed by atoms with van der Waals surface area (Å²) >= 11 is 0. The molecule has 4 aromatic rings. The van der Waals surface area contributed by atoms with Gasteiger partial charge >= 0.3 is 0 Å². The van der Waals surface area contributed by atoms with E-state index in [2.05, 4.69) is 31.0 Å². The van der Waals surface area contributed by atoms with Crippen molar-refractivity contribution in [2.24, 2.45) is 0 Å². The van der Waals surface area contributed by atoms with Crippen molar-refractivity contribution in [3.05, 3.63) is 81.5 Å². The van der Waals surface area contributed by atoms with Crippen molar-refractivity contribution in [3.8, 4) is 11.5 Å². The first-order valence-electron chi connectivity index (χ1n) is 9.57. The molecule has 1 aromatic heterocycles. The third-order valence-electron chi connectivity index (χ3n) is 6.27. The van der Waals surface area contributed by atoms with Crippen molar-refractivity contribution < 1.29 is 9.47 Å². The maximum absolute atomic E-state index is 13.1. The van der Waals surface area contributed by atoms with Crippen LogP contribution in [0.3, 0.4) is 0 Å². The van der Waals surface area contributed by atoms with Gasteiger partial charge in [0.25, 0.3) is 0 Å². The van der Waals surface area contributed by atoms with E-state index in [-0.39, 0.29) is 11.3 Å². The Morgan fingerprint density at radius 1 is 1.04 bits per heavy atom. The number of ether oxygens (including phenoxy) is 2. The second-order valence-electron chi connectivity index (χ2n) is 7.97. The van der Waals surface area contributed by atoms with Crippen molar-refractivity contribution in [1.29, 1.82) is 0 Å². The fourth-order valence-electron chi connectivity index (χ4n) is 4.86. The van der Waals surface area contributed by atoms with E-state index in [1.165, 1.54) is 11.1 Å². The molecule has 0 radical (unpaired) electrons. The number of pyridine rings is 1. The number of para-hydroxylation sites is 1. The van der Waals surface area contributed by atoms with Crippen LogP contribution in [0.5, 0.6) is 11.5 Å². The number of hydrogen-bond acceptors (Lipinski definition) is 3. The van der Waals surface area contributed by atoms with Crippen LogP contribution in [0.1, 0.15) is 29.5 Å². The van der Waals surface area contributed by atoms with Gasteiger partial charge in [-0.05, 0) is 44.2 Å². The van der Waals surface area contributed by atoms with Crippen LogP contribution in [-0.4, -0.2) is 11.6 Å². The number of benzene rings is 3. The summed E-state index contributed by atoms with van der Waals surface area (Å²) in [5, 5.41) is 1.36. The van der Waals surface area contributed by atoms with Crippen molar-refractivity contribution in [2.45, 2.75) is 25.4 Å². The van der Waals surface area contributed by atoms with Gasteiger partial charge in [0.2, 0.25) is 0 Å². The van der Waals surface area contributed by atoms with Gasteiger partial charge in [0.1, 0.15) is 17.1 Å². The van der Waals surface area contributed by atoms with Gasteiger partial charge in [-0.3, -0.25) is 4.79 Å². The van der Waals surface area contributed by atoms with Crippen LogP contribution in [-0.2, 0) is 5.60 Å². The molecule has 0 amide bonds. The molecule has 3 aromatic carbocycles. The summed E-state index contributed by atoms with van der Waals surface area (Å²) in [6.07, 6.45) is 0. The van der Waals surface area contributed by atoms with Crippen LogP contribution in [0.2, 0.25) is 0 Å². The van der Waals surface area contributed by atoms with E-state index in [1.54, 1.807) is 0 Å². The summed E-state index contributed by atoms with van der Waals surface area (Å²) in [6, 6.07) is 17.7. The Bertz CT molecular complexity index is 1350. The third-order valence-corrected chi connectivity index (χ3v) is 6.27. The van der Waals surface area contributed by atoms with Crippen LogP contribution in [0.4, 0.5) is 0 Å². The van der Waals surface area contributed by atoms with E-state index in [0.717, 1.165) is 28.1 Å². The molecule has 2 atom stereocenters. The van der Waals surface area contributed by atoms with Gasteiger partial charge in [-0.15, -0.1) is 0 Å². The molecule has 4 heteroatoms. The molecule has 1 N–H and O–H groups in total. The molecule has 0 fully saturated rings. The Balaban J connectivity index is 1.70. The predicted molar refractivity (Wildman–Crippen MR) is 109 cm³/mol. The lowest BCUT2D eigenvalue weighted by Crippen LogP contribution is -2.39. The standard InChI is InChI=1S/C24H19NO3/c1-13-7-9-19-16(11-13)17-12-27-20-10-8-15-22(21(20)24(17,2)28-19)25-18-6-4-3-5-14(18)23(15)26/h3-11,17H,12H2,1-2H3,(H,25,26)/t17-,24+/m1/s1. The van der Waals surface area contributed by atoms with E-state index < -0.39 is 5.60 Å². The molecule has 2 aliphatic heterocycles. The SMILES string of the molecule is Cc1ccc2c(c1)[C@H]1COc3ccc4c(=O)c5ccccc5[nH]c4c3[C@@]1(C)O2. The minimum atomic E-state index is -0.589. The highest BCUT2D eigenvalue weighted by molar-refractivity contribution is 5.95. The molecule has 0 unspecified atom stereocenters. The van der Waals surface area contributed by atoms with E-state index >= 15 is 0 Å². The van der Waals surface area contributed by atoms with Gasteiger partial charge in [-0.25, -0.2) is 0 Å². The summed E-state index contributed by atoms with van der Waals surface area (Å²) in [5.41, 5.74) is 4.38. The molecule has 0 saturated carbocycles. The Morgan fingerprint density at radius 3 is 2.75 bits per heavy atom. The minimum Gasteiger partial charge on any atom is -0.492 e. The normalized spacial score (nSPS) is 22.3. The average Bonchev–Trinajstić information content (AvgIpc) is 2.99. The molecular weight excluding hydrogens is 350 g/mol. The van der Waals surface area contributed by atoms with Gasteiger partial charge in [-0.2, -0.15) is 0 Å². The summed E-state index contributed by atoms with van der Waals surface area (Å²) in [6.45, 7) is 4.76. The first-order valence-corrected chi connectivity index (χ1v) is 9.57. The van der Waals surface area contributed by atoms with E-state index in [1.807, 2.05) is 42.5 Å². The highest BCUT2D eigenvalue weighted by Crippen LogP contribution is 2.56. The van der Waals surface area contributed by atoms with Gasteiger partial charge in [0.05, 0.1) is 23.6 Å². The van der Waals surface area contributed by atoms with Crippen LogP contribution in [0, 0.1) is 6.92 Å². The van der Waals surface area contributed by atoms with E-state index in [9.17, 15) is 4.79 Å². The molecule has 0 saturated heterocycles. The fourth-order valence-corrected chi connectivity index (χ4v) is 4.86. The smallest absolute Gasteiger partial charge is 0.197 e. The number of aryl methyl sites for hydroxylation is 1. The van der Waals surface area contributed by atoms with Crippen molar-refractivity contribution in [3.63, 3.8) is 0 Å². The van der Waals surface area contributed by atoms with Crippen molar-refractivity contribution >= 4 is 21.8 Å². The molecule has 4 nitrogen and oxygen atoms in total. The largest absolute Gasteiger partial charge is 0.492 e. The molecule has 2 aliphatic rings. The van der Waals surface area contributed by atoms with Crippen LogP contribution < -0.4 is 14.9 Å². The molecule has 3 heterocycles. The van der Waals surface area contributed by atoms with Gasteiger partial charge < -0.3 is 14.5 Å². The highest BCUT2D eigenvalue weighted by Gasteiger charge is 2.51. The summed E-state index contributed by atoms with van der Waals surface area (Å²) in [5.74, 6) is 1.76. The fraction of sp³-hybridized carbons (Fsp3) is 0.208. The zero-order valence-electron chi connectivity index (χ0n) is 15.7. The second-order valence-corrected chi connectivity index (χ2v) is 7.97. The number of fused-ring (bicyclic) bond motifs is 8. The topological polar surface area (TPSA) is 51.3 Å². The van der Waals surface area contributed by atoms with Crippen molar-refractivity contribution in [2.75, 3.05) is 6.61 Å². The van der Waals surface area contributed by atoms with E-state index in [0.29, 0.717) is 17.4 Å². The molecular formula is C24H19NO3. The molecule has 0 spiro atoms. The monoisotopic (exact) mass is 369 g/mol. The Hall–Kier alpha value is -3.27. The number of nitrogens with one attached hydrogen (secondary N) is 1. The van der Waals surface area contributed by atoms with Gasteiger partial charge in [-0.1, -0.05) is 29.8 Å². The van der Waals surface area contributed by atoms with Gasteiger partial charge in [0, 0.05) is 21.9 Å². The molecule has 0 aliphatic carbocycles. The van der Waals surface area contributed by atoms with Crippen molar-refractivity contribution in [1.82, 2.24) is 4.98 Å².